The molecular formula is C16H21N5O2. The first-order valence-corrected chi connectivity index (χ1v) is 8.11. The van der Waals surface area contributed by atoms with Gasteiger partial charge in [0, 0.05) is 43.6 Å². The lowest BCUT2D eigenvalue weighted by molar-refractivity contribution is 0.0568. The number of rotatable bonds is 3. The molecule has 2 aromatic rings. The first-order chi connectivity index (χ1) is 11.2. The Morgan fingerprint density at radius 2 is 2.35 bits per heavy atom. The zero-order valence-corrected chi connectivity index (χ0v) is 13.2. The third kappa shape index (κ3) is 2.65. The standard InChI is InChI=1S/C16H21N5O2/c1-19-13(11-21-7-2-5-17-21)9-12-10-20(8-4-14(12)19)16(22)15-3-6-18-23-15/h2-3,5-7,12-14H,4,8-11H2,1H3/t12-,13+,14+/m1/s1. The summed E-state index contributed by atoms with van der Waals surface area (Å²) >= 11 is 0. The SMILES string of the molecule is CN1[C@H](Cn2cccn2)C[C@@H]2CN(C(=O)c3ccno3)CC[C@@H]21. The van der Waals surface area contributed by atoms with Crippen molar-refractivity contribution in [2.24, 2.45) is 5.92 Å². The number of piperidine rings is 1. The fourth-order valence-electron chi connectivity index (χ4n) is 4.07. The van der Waals surface area contributed by atoms with E-state index in [-0.39, 0.29) is 5.91 Å². The highest BCUT2D eigenvalue weighted by molar-refractivity contribution is 5.91. The molecule has 1 amide bonds. The average molecular weight is 315 g/mol. The Kier molecular flexibility index (Phi) is 3.65. The van der Waals surface area contributed by atoms with E-state index < -0.39 is 0 Å². The highest BCUT2D eigenvalue weighted by atomic mass is 16.5. The van der Waals surface area contributed by atoms with Gasteiger partial charge in [0.15, 0.2) is 0 Å². The van der Waals surface area contributed by atoms with Gasteiger partial charge in [0.2, 0.25) is 5.76 Å². The molecule has 0 aromatic carbocycles. The van der Waals surface area contributed by atoms with Crippen LogP contribution in [0.4, 0.5) is 0 Å². The molecule has 0 spiro atoms. The summed E-state index contributed by atoms with van der Waals surface area (Å²) in [5, 5.41) is 7.94. The molecular weight excluding hydrogens is 294 g/mol. The molecule has 2 aromatic heterocycles. The van der Waals surface area contributed by atoms with Crippen LogP contribution in [0, 0.1) is 5.92 Å². The van der Waals surface area contributed by atoms with Crippen molar-refractivity contribution in [3.05, 3.63) is 36.5 Å². The highest BCUT2D eigenvalue weighted by Gasteiger charge is 2.43. The fraction of sp³-hybridized carbons (Fsp3) is 0.562. The number of fused-ring (bicyclic) bond motifs is 1. The minimum atomic E-state index is -0.0425. The average Bonchev–Trinajstić information content (AvgIpc) is 3.30. The Bertz CT molecular complexity index is 654. The Morgan fingerprint density at radius 1 is 1.43 bits per heavy atom. The number of amides is 1. The predicted molar refractivity (Wildman–Crippen MR) is 82.7 cm³/mol. The zero-order valence-electron chi connectivity index (χ0n) is 13.2. The normalized spacial score (nSPS) is 28.0. The van der Waals surface area contributed by atoms with Crippen LogP contribution < -0.4 is 0 Å². The van der Waals surface area contributed by atoms with E-state index in [2.05, 4.69) is 22.2 Å². The molecule has 0 aliphatic carbocycles. The van der Waals surface area contributed by atoms with Gasteiger partial charge in [0.05, 0.1) is 12.7 Å². The minimum absolute atomic E-state index is 0.0425. The van der Waals surface area contributed by atoms with Gasteiger partial charge in [-0.25, -0.2) is 0 Å². The summed E-state index contributed by atoms with van der Waals surface area (Å²) in [6.45, 7) is 2.48. The molecule has 4 rings (SSSR count). The van der Waals surface area contributed by atoms with E-state index in [1.54, 1.807) is 6.07 Å². The van der Waals surface area contributed by atoms with Crippen molar-refractivity contribution in [1.82, 2.24) is 24.7 Å². The van der Waals surface area contributed by atoms with Crippen LogP contribution in [0.1, 0.15) is 23.4 Å². The third-order valence-corrected chi connectivity index (χ3v) is 5.26. The zero-order chi connectivity index (χ0) is 15.8. The van der Waals surface area contributed by atoms with Crippen LogP contribution in [0.5, 0.6) is 0 Å². The second-order valence-electron chi connectivity index (χ2n) is 6.53. The number of carbonyl (C=O) groups excluding carboxylic acids is 1. The topological polar surface area (TPSA) is 67.4 Å². The second kappa shape index (κ2) is 5.81. The first-order valence-electron chi connectivity index (χ1n) is 8.11. The molecule has 2 aliphatic heterocycles. The van der Waals surface area contributed by atoms with Crippen molar-refractivity contribution in [1.29, 1.82) is 0 Å². The van der Waals surface area contributed by atoms with Crippen molar-refractivity contribution in [3.63, 3.8) is 0 Å². The predicted octanol–water partition coefficient (Wildman–Crippen LogP) is 1.11. The number of likely N-dealkylation sites (N-methyl/N-ethyl adjacent to an activating group) is 1. The van der Waals surface area contributed by atoms with Gasteiger partial charge in [-0.2, -0.15) is 5.10 Å². The lowest BCUT2D eigenvalue weighted by Gasteiger charge is -2.36. The molecule has 23 heavy (non-hydrogen) atoms. The summed E-state index contributed by atoms with van der Waals surface area (Å²) < 4.78 is 7.00. The van der Waals surface area contributed by atoms with Crippen LogP contribution in [-0.4, -0.2) is 62.9 Å². The quantitative estimate of drug-likeness (QED) is 0.849. The van der Waals surface area contributed by atoms with Gasteiger partial charge in [0.25, 0.3) is 5.91 Å². The summed E-state index contributed by atoms with van der Waals surface area (Å²) in [7, 11) is 2.20. The summed E-state index contributed by atoms with van der Waals surface area (Å²) in [5.41, 5.74) is 0. The Labute approximate surface area is 134 Å². The monoisotopic (exact) mass is 315 g/mol. The van der Waals surface area contributed by atoms with Crippen molar-refractivity contribution in [2.45, 2.75) is 31.5 Å². The van der Waals surface area contributed by atoms with Crippen LogP contribution in [0.3, 0.4) is 0 Å². The molecule has 4 heterocycles. The molecule has 3 atom stereocenters. The highest BCUT2D eigenvalue weighted by Crippen LogP contribution is 2.35. The van der Waals surface area contributed by atoms with Crippen LogP contribution in [0.15, 0.2) is 35.2 Å². The van der Waals surface area contributed by atoms with Crippen LogP contribution in [-0.2, 0) is 6.54 Å². The fourth-order valence-corrected chi connectivity index (χ4v) is 4.07. The van der Waals surface area contributed by atoms with E-state index in [1.807, 2.05) is 28.0 Å². The van der Waals surface area contributed by atoms with Crippen molar-refractivity contribution < 1.29 is 9.32 Å². The molecule has 7 heteroatoms. The molecule has 0 N–H and O–H groups in total. The van der Waals surface area contributed by atoms with Gasteiger partial charge >= 0.3 is 0 Å². The minimum Gasteiger partial charge on any atom is -0.351 e. The molecule has 0 bridgehead atoms. The van der Waals surface area contributed by atoms with Crippen LogP contribution >= 0.6 is 0 Å². The lowest BCUT2D eigenvalue weighted by Crippen LogP contribution is -2.47. The Hall–Kier alpha value is -2.15. The van der Waals surface area contributed by atoms with Crippen molar-refractivity contribution >= 4 is 5.91 Å². The van der Waals surface area contributed by atoms with Crippen molar-refractivity contribution in [2.75, 3.05) is 20.1 Å². The summed E-state index contributed by atoms with van der Waals surface area (Å²) in [4.78, 5) is 16.8. The number of likely N-dealkylation sites (tertiary alicyclic amines) is 2. The maximum Gasteiger partial charge on any atom is 0.292 e. The van der Waals surface area contributed by atoms with Gasteiger partial charge in [-0.3, -0.25) is 14.4 Å². The maximum absolute atomic E-state index is 12.4. The molecule has 2 aliphatic rings. The van der Waals surface area contributed by atoms with E-state index in [0.29, 0.717) is 23.8 Å². The first kappa shape index (κ1) is 14.4. The molecule has 0 unspecified atom stereocenters. The largest absolute Gasteiger partial charge is 0.351 e. The smallest absolute Gasteiger partial charge is 0.292 e. The molecule has 7 nitrogen and oxygen atoms in total. The van der Waals surface area contributed by atoms with Gasteiger partial charge in [-0.15, -0.1) is 0 Å². The van der Waals surface area contributed by atoms with Crippen molar-refractivity contribution in [3.8, 4) is 0 Å². The van der Waals surface area contributed by atoms with Gasteiger partial charge in [0.1, 0.15) is 0 Å². The number of nitrogens with zero attached hydrogens (tertiary/aromatic N) is 5. The van der Waals surface area contributed by atoms with Gasteiger partial charge in [-0.05, 0) is 31.9 Å². The van der Waals surface area contributed by atoms with E-state index >= 15 is 0 Å². The van der Waals surface area contributed by atoms with Gasteiger partial charge in [-0.1, -0.05) is 5.16 Å². The molecule has 0 saturated carbocycles. The Morgan fingerprint density at radius 3 is 3.09 bits per heavy atom. The van der Waals surface area contributed by atoms with E-state index in [9.17, 15) is 4.79 Å². The maximum atomic E-state index is 12.4. The van der Waals surface area contributed by atoms with E-state index in [1.165, 1.54) is 6.20 Å². The van der Waals surface area contributed by atoms with E-state index in [4.69, 9.17) is 4.52 Å². The summed E-state index contributed by atoms with van der Waals surface area (Å²) in [6, 6.07) is 4.62. The number of carbonyl (C=O) groups is 1. The molecule has 122 valence electrons. The third-order valence-electron chi connectivity index (χ3n) is 5.26. The molecule has 2 saturated heterocycles. The molecule has 0 radical (unpaired) electrons. The molecule has 2 fully saturated rings. The summed E-state index contributed by atoms with van der Waals surface area (Å²) in [5.74, 6) is 0.809. The lowest BCUT2D eigenvalue weighted by atomic mass is 9.92. The van der Waals surface area contributed by atoms with Crippen LogP contribution in [0.25, 0.3) is 0 Å². The Balaban J connectivity index is 1.43. The number of hydrogen-bond acceptors (Lipinski definition) is 5. The second-order valence-corrected chi connectivity index (χ2v) is 6.53. The van der Waals surface area contributed by atoms with Crippen LogP contribution in [0.2, 0.25) is 0 Å². The number of aromatic nitrogens is 3. The summed E-state index contributed by atoms with van der Waals surface area (Å²) in [6.07, 6.45) is 7.46. The van der Waals surface area contributed by atoms with E-state index in [0.717, 1.165) is 32.5 Å². The number of hydrogen-bond donors (Lipinski definition) is 0. The van der Waals surface area contributed by atoms with Gasteiger partial charge < -0.3 is 9.42 Å².